The van der Waals surface area contributed by atoms with E-state index in [1.807, 2.05) is 0 Å². The van der Waals surface area contributed by atoms with Crippen molar-refractivity contribution in [2.45, 2.75) is 62.9 Å². The highest BCUT2D eigenvalue weighted by Gasteiger charge is 2.57. The molecule has 0 radical (unpaired) electrons. The van der Waals surface area contributed by atoms with Gasteiger partial charge in [0.2, 0.25) is 0 Å². The molecule has 2 aromatic carbocycles. The van der Waals surface area contributed by atoms with Crippen molar-refractivity contribution < 1.29 is 0 Å². The van der Waals surface area contributed by atoms with E-state index in [1.54, 1.807) is 11.3 Å². The van der Waals surface area contributed by atoms with Crippen LogP contribution in [0.5, 0.6) is 0 Å². The van der Waals surface area contributed by atoms with Gasteiger partial charge < -0.3 is 10.2 Å². The molecule has 2 aliphatic heterocycles. The SMILES string of the molecule is c1ccc([C@@H]2C3=C(CCCC3)N3c4ccccc4N[C@@]34CCCC[C@@H]24)cc1. The van der Waals surface area contributed by atoms with Gasteiger partial charge in [0.25, 0.3) is 0 Å². The molecule has 2 heterocycles. The third-order valence-electron chi connectivity index (χ3n) is 7.52. The summed E-state index contributed by atoms with van der Waals surface area (Å²) in [6.07, 6.45) is 10.5. The Labute approximate surface area is 162 Å². The third-order valence-corrected chi connectivity index (χ3v) is 7.52. The number of hydrogen-bond donors (Lipinski definition) is 1. The second kappa shape index (κ2) is 5.89. The first-order valence-electron chi connectivity index (χ1n) is 10.8. The predicted molar refractivity (Wildman–Crippen MR) is 112 cm³/mol. The minimum Gasteiger partial charge on any atom is -0.360 e. The zero-order valence-corrected chi connectivity index (χ0v) is 16.0. The summed E-state index contributed by atoms with van der Waals surface area (Å²) in [5.74, 6) is 1.23. The molecule has 138 valence electrons. The van der Waals surface area contributed by atoms with Crippen LogP contribution in [-0.4, -0.2) is 5.66 Å². The quantitative estimate of drug-likeness (QED) is 0.633. The van der Waals surface area contributed by atoms with Gasteiger partial charge in [-0.05, 0) is 68.2 Å². The lowest BCUT2D eigenvalue weighted by molar-refractivity contribution is 0.176. The molecule has 3 atom stereocenters. The number of benzene rings is 2. The van der Waals surface area contributed by atoms with Crippen LogP contribution in [0.3, 0.4) is 0 Å². The fourth-order valence-corrected chi connectivity index (χ4v) is 6.56. The van der Waals surface area contributed by atoms with Gasteiger partial charge in [0.05, 0.1) is 11.4 Å². The number of nitrogens with zero attached hydrogens (tertiary/aromatic N) is 1. The minimum absolute atomic E-state index is 0.0820. The van der Waals surface area contributed by atoms with Gasteiger partial charge in [-0.2, -0.15) is 0 Å². The summed E-state index contributed by atoms with van der Waals surface area (Å²) in [7, 11) is 0. The Morgan fingerprint density at radius 1 is 0.852 bits per heavy atom. The number of para-hydroxylation sites is 2. The molecule has 1 fully saturated rings. The van der Waals surface area contributed by atoms with Crippen LogP contribution in [-0.2, 0) is 0 Å². The second-order valence-electron chi connectivity index (χ2n) is 8.82. The summed E-state index contributed by atoms with van der Waals surface area (Å²) in [5, 5.41) is 4.08. The number of fused-ring (bicyclic) bond motifs is 3. The first-order valence-corrected chi connectivity index (χ1v) is 10.8. The van der Waals surface area contributed by atoms with Crippen molar-refractivity contribution in [3.63, 3.8) is 0 Å². The molecule has 2 aromatic rings. The number of anilines is 2. The molecular formula is C25H28N2. The lowest BCUT2D eigenvalue weighted by atomic mass is 9.62. The van der Waals surface area contributed by atoms with E-state index in [4.69, 9.17) is 0 Å². The molecule has 6 rings (SSSR count). The Morgan fingerprint density at radius 3 is 2.59 bits per heavy atom. The topological polar surface area (TPSA) is 15.3 Å². The highest BCUT2D eigenvalue weighted by molar-refractivity contribution is 5.82. The number of rotatable bonds is 1. The summed E-state index contributed by atoms with van der Waals surface area (Å²) in [5.41, 5.74) is 7.77. The molecule has 4 aliphatic rings. The summed E-state index contributed by atoms with van der Waals surface area (Å²) in [4.78, 5) is 2.78. The highest BCUT2D eigenvalue weighted by Crippen LogP contribution is 2.61. The van der Waals surface area contributed by atoms with Crippen molar-refractivity contribution in [2.75, 3.05) is 10.2 Å². The van der Waals surface area contributed by atoms with E-state index in [2.05, 4.69) is 64.8 Å². The molecule has 0 unspecified atom stereocenters. The number of nitrogens with one attached hydrogen (secondary N) is 1. The van der Waals surface area contributed by atoms with E-state index in [9.17, 15) is 0 Å². The van der Waals surface area contributed by atoms with Gasteiger partial charge in [0, 0.05) is 17.5 Å². The first kappa shape index (κ1) is 15.8. The lowest BCUT2D eigenvalue weighted by Gasteiger charge is -2.57. The van der Waals surface area contributed by atoms with Crippen LogP contribution in [0.2, 0.25) is 0 Å². The molecule has 1 saturated carbocycles. The Morgan fingerprint density at radius 2 is 1.67 bits per heavy atom. The summed E-state index contributed by atoms with van der Waals surface area (Å²) < 4.78 is 0. The second-order valence-corrected chi connectivity index (χ2v) is 8.82. The Balaban J connectivity index is 1.61. The van der Waals surface area contributed by atoms with Crippen molar-refractivity contribution in [3.8, 4) is 0 Å². The molecule has 2 aliphatic carbocycles. The Hall–Kier alpha value is -2.22. The van der Waals surface area contributed by atoms with E-state index in [1.165, 1.54) is 68.3 Å². The third kappa shape index (κ3) is 2.13. The van der Waals surface area contributed by atoms with Crippen LogP contribution in [0, 0.1) is 5.92 Å². The molecule has 0 saturated heterocycles. The number of allylic oxidation sites excluding steroid dienone is 2. The standard InChI is InChI=1S/C25H28N2/c1-2-10-18(11-3-1)24-19-12-4-6-15-22(19)27-23-16-7-5-14-21(23)26-25(27)17-9-8-13-20(24)25/h1-3,5,7,10-11,14,16,20,24,26H,4,6,8-9,12-13,15,17H2/t20-,24+,25-/m0/s1. The normalized spacial score (nSPS) is 31.5. The van der Waals surface area contributed by atoms with Crippen LogP contribution >= 0.6 is 0 Å². The summed E-state index contributed by atoms with van der Waals surface area (Å²) >= 11 is 0. The molecule has 1 N–H and O–H groups in total. The van der Waals surface area contributed by atoms with Gasteiger partial charge in [0.15, 0.2) is 0 Å². The molecule has 1 spiro atoms. The highest BCUT2D eigenvalue weighted by atomic mass is 15.4. The fourth-order valence-electron chi connectivity index (χ4n) is 6.56. The molecule has 2 nitrogen and oxygen atoms in total. The maximum absolute atomic E-state index is 4.08. The Kier molecular flexibility index (Phi) is 3.45. The van der Waals surface area contributed by atoms with Gasteiger partial charge in [0.1, 0.15) is 5.66 Å². The van der Waals surface area contributed by atoms with Gasteiger partial charge >= 0.3 is 0 Å². The average molecular weight is 357 g/mol. The van der Waals surface area contributed by atoms with Crippen LogP contribution < -0.4 is 10.2 Å². The predicted octanol–water partition coefficient (Wildman–Crippen LogP) is 6.43. The van der Waals surface area contributed by atoms with Crippen molar-refractivity contribution >= 4 is 11.4 Å². The van der Waals surface area contributed by atoms with E-state index in [0.717, 1.165) is 0 Å². The summed E-state index contributed by atoms with van der Waals surface area (Å²) in [6.45, 7) is 0. The van der Waals surface area contributed by atoms with Crippen LogP contribution in [0.4, 0.5) is 11.4 Å². The van der Waals surface area contributed by atoms with Crippen LogP contribution in [0.15, 0.2) is 65.9 Å². The van der Waals surface area contributed by atoms with E-state index in [0.29, 0.717) is 11.8 Å². The minimum atomic E-state index is 0.0820. The summed E-state index contributed by atoms with van der Waals surface area (Å²) in [6, 6.07) is 20.4. The van der Waals surface area contributed by atoms with E-state index < -0.39 is 0 Å². The molecule has 27 heavy (non-hydrogen) atoms. The molecule has 0 amide bonds. The van der Waals surface area contributed by atoms with Crippen molar-refractivity contribution in [1.82, 2.24) is 0 Å². The maximum Gasteiger partial charge on any atom is 0.118 e. The van der Waals surface area contributed by atoms with Crippen molar-refractivity contribution in [2.24, 2.45) is 5.92 Å². The largest absolute Gasteiger partial charge is 0.360 e. The van der Waals surface area contributed by atoms with Gasteiger partial charge in [-0.15, -0.1) is 0 Å². The van der Waals surface area contributed by atoms with Gasteiger partial charge in [-0.3, -0.25) is 0 Å². The fraction of sp³-hybridized carbons (Fsp3) is 0.440. The molecule has 0 aromatic heterocycles. The zero-order chi connectivity index (χ0) is 17.8. The monoisotopic (exact) mass is 356 g/mol. The van der Waals surface area contributed by atoms with Crippen LogP contribution in [0.25, 0.3) is 0 Å². The Bertz CT molecular complexity index is 900. The van der Waals surface area contributed by atoms with Crippen molar-refractivity contribution in [3.05, 3.63) is 71.4 Å². The van der Waals surface area contributed by atoms with Crippen molar-refractivity contribution in [1.29, 1.82) is 0 Å². The number of hydrogen-bond acceptors (Lipinski definition) is 2. The lowest BCUT2D eigenvalue weighted by Crippen LogP contribution is -2.62. The molecule has 2 heteroatoms. The van der Waals surface area contributed by atoms with E-state index in [-0.39, 0.29) is 5.66 Å². The van der Waals surface area contributed by atoms with Crippen LogP contribution in [0.1, 0.15) is 62.8 Å². The van der Waals surface area contributed by atoms with Gasteiger partial charge in [-0.25, -0.2) is 0 Å². The molecule has 0 bridgehead atoms. The van der Waals surface area contributed by atoms with E-state index >= 15 is 0 Å². The molecular weight excluding hydrogens is 328 g/mol. The maximum atomic E-state index is 4.08. The zero-order valence-electron chi connectivity index (χ0n) is 16.0. The smallest absolute Gasteiger partial charge is 0.118 e. The average Bonchev–Trinajstić information content (AvgIpc) is 3.06. The van der Waals surface area contributed by atoms with Gasteiger partial charge in [-0.1, -0.05) is 48.9 Å². The first-order chi connectivity index (χ1) is 13.4.